The molecule has 4 nitrogen and oxygen atoms in total. The van der Waals surface area contributed by atoms with Gasteiger partial charge in [-0.1, -0.05) is 59.6 Å². The van der Waals surface area contributed by atoms with Gasteiger partial charge >= 0.3 is 0 Å². The van der Waals surface area contributed by atoms with Crippen LogP contribution in [0.15, 0.2) is 72.8 Å². The molecule has 1 aliphatic rings. The second-order valence-corrected chi connectivity index (χ2v) is 10.2. The summed E-state index contributed by atoms with van der Waals surface area (Å²) < 4.78 is 0. The molecule has 0 saturated carbocycles. The fraction of sp³-hybridized carbons (Fsp3) is 0.345. The number of nitrogens with zero attached hydrogens (tertiary/aromatic N) is 2. The first-order valence-corrected chi connectivity index (χ1v) is 12.9. The zero-order chi connectivity index (χ0) is 24.8. The van der Waals surface area contributed by atoms with Crippen LogP contribution in [0, 0.1) is 0 Å². The molecule has 36 heavy (non-hydrogen) atoms. The number of carbonyl (C=O) groups excluding carboxylic acids is 1. The molecule has 1 unspecified atom stereocenters. The molecule has 1 amide bonds. The van der Waals surface area contributed by atoms with Crippen LogP contribution in [0.1, 0.15) is 52.6 Å². The average molecular weight is 548 g/mol. The summed E-state index contributed by atoms with van der Waals surface area (Å²) in [7, 11) is 1.86. The number of piperidine rings is 1. The summed E-state index contributed by atoms with van der Waals surface area (Å²) in [5.74, 6) is 0.983. The highest BCUT2D eigenvalue weighted by Gasteiger charge is 2.24. The van der Waals surface area contributed by atoms with E-state index >= 15 is 0 Å². The highest BCUT2D eigenvalue weighted by Crippen LogP contribution is 2.32. The Hall–Kier alpha value is -2.24. The minimum Gasteiger partial charge on any atom is -0.508 e. The molecule has 1 saturated heterocycles. The molecule has 1 atom stereocenters. The highest BCUT2D eigenvalue weighted by molar-refractivity contribution is 6.42. The van der Waals surface area contributed by atoms with Crippen LogP contribution in [-0.2, 0) is 0 Å². The smallest absolute Gasteiger partial charge is 0.253 e. The van der Waals surface area contributed by atoms with Crippen molar-refractivity contribution in [1.29, 1.82) is 0 Å². The zero-order valence-electron chi connectivity index (χ0n) is 20.4. The van der Waals surface area contributed by atoms with E-state index in [2.05, 4.69) is 11.0 Å². The summed E-state index contributed by atoms with van der Waals surface area (Å²) >= 11 is 12.5. The van der Waals surface area contributed by atoms with Gasteiger partial charge in [0.25, 0.3) is 5.91 Å². The Kier molecular flexibility index (Phi) is 10.5. The normalized spacial score (nSPS) is 15.2. The number of carbonyl (C=O) groups is 1. The molecule has 0 radical (unpaired) electrons. The van der Waals surface area contributed by atoms with Crippen LogP contribution in [0.5, 0.6) is 5.75 Å². The monoisotopic (exact) mass is 546 g/mol. The third-order valence-electron chi connectivity index (χ3n) is 7.00. The standard InChI is InChI=1S/C29H32Cl2N2O2.ClH/c1-32(29(35)22-6-3-2-4-7-22)20-25(24-10-11-27(30)28(31)19-24)14-17-33-15-12-21(13-16-33)23-8-5-9-26(34)18-23;/h2-11,18-19,21,25,34H,12-17,20H2,1H3;1H. The van der Waals surface area contributed by atoms with Gasteiger partial charge in [0.1, 0.15) is 5.75 Å². The van der Waals surface area contributed by atoms with Gasteiger partial charge in [0.15, 0.2) is 0 Å². The predicted octanol–water partition coefficient (Wildman–Crippen LogP) is 7.25. The number of phenolic OH excluding ortho intramolecular Hbond substituents is 1. The Morgan fingerprint density at radius 1 is 1.00 bits per heavy atom. The Bertz CT molecular complexity index is 1130. The van der Waals surface area contributed by atoms with Gasteiger partial charge in [0, 0.05) is 25.1 Å². The van der Waals surface area contributed by atoms with Crippen molar-refractivity contribution >= 4 is 41.5 Å². The van der Waals surface area contributed by atoms with Crippen LogP contribution in [0.4, 0.5) is 0 Å². The maximum absolute atomic E-state index is 13.0. The average Bonchev–Trinajstić information content (AvgIpc) is 2.88. The minimum atomic E-state index is 0. The number of likely N-dealkylation sites (N-methyl/N-ethyl adjacent to an activating group) is 1. The molecule has 0 aliphatic carbocycles. The number of hydrogen-bond donors (Lipinski definition) is 1. The minimum absolute atomic E-state index is 0. The van der Waals surface area contributed by atoms with E-state index in [0.717, 1.165) is 44.5 Å². The molecule has 3 aromatic carbocycles. The van der Waals surface area contributed by atoms with Crippen molar-refractivity contribution in [1.82, 2.24) is 9.80 Å². The fourth-order valence-corrected chi connectivity index (χ4v) is 5.26. The maximum Gasteiger partial charge on any atom is 0.253 e. The lowest BCUT2D eigenvalue weighted by Gasteiger charge is -2.34. The number of rotatable bonds is 8. The molecule has 1 N–H and O–H groups in total. The molecular weight excluding hydrogens is 515 g/mol. The lowest BCUT2D eigenvalue weighted by Crippen LogP contribution is -2.36. The number of aromatic hydroxyl groups is 1. The molecule has 1 fully saturated rings. The van der Waals surface area contributed by atoms with Gasteiger partial charge in [-0.3, -0.25) is 4.79 Å². The van der Waals surface area contributed by atoms with Gasteiger partial charge in [-0.05, 0) is 92.3 Å². The van der Waals surface area contributed by atoms with Crippen LogP contribution in [0.2, 0.25) is 10.0 Å². The van der Waals surface area contributed by atoms with Crippen LogP contribution in [0.25, 0.3) is 0 Å². The van der Waals surface area contributed by atoms with E-state index in [4.69, 9.17) is 23.2 Å². The zero-order valence-corrected chi connectivity index (χ0v) is 22.8. The third kappa shape index (κ3) is 7.39. The van der Waals surface area contributed by atoms with Crippen molar-refractivity contribution in [3.05, 3.63) is 99.5 Å². The number of phenols is 1. The quantitative estimate of drug-likeness (QED) is 0.323. The molecule has 1 heterocycles. The van der Waals surface area contributed by atoms with Crippen molar-refractivity contribution < 1.29 is 9.90 Å². The van der Waals surface area contributed by atoms with Gasteiger partial charge in [-0.25, -0.2) is 0 Å². The fourth-order valence-electron chi connectivity index (χ4n) is 4.95. The summed E-state index contributed by atoms with van der Waals surface area (Å²) in [6, 6.07) is 22.8. The van der Waals surface area contributed by atoms with Crippen molar-refractivity contribution in [2.45, 2.75) is 31.1 Å². The molecule has 192 valence electrons. The number of benzene rings is 3. The van der Waals surface area contributed by atoms with Crippen LogP contribution >= 0.6 is 35.6 Å². The number of hydrogen-bond acceptors (Lipinski definition) is 3. The topological polar surface area (TPSA) is 43.8 Å². The molecule has 7 heteroatoms. The summed E-state index contributed by atoms with van der Waals surface area (Å²) in [6.45, 7) is 3.59. The van der Waals surface area contributed by atoms with Crippen molar-refractivity contribution in [3.63, 3.8) is 0 Å². The largest absolute Gasteiger partial charge is 0.508 e. The van der Waals surface area contributed by atoms with Crippen LogP contribution < -0.4 is 0 Å². The van der Waals surface area contributed by atoms with Crippen LogP contribution in [0.3, 0.4) is 0 Å². The summed E-state index contributed by atoms with van der Waals surface area (Å²) in [4.78, 5) is 17.3. The van der Waals surface area contributed by atoms with Crippen LogP contribution in [-0.4, -0.2) is 54.0 Å². The lowest BCUT2D eigenvalue weighted by atomic mass is 9.88. The highest BCUT2D eigenvalue weighted by atomic mass is 35.5. The van der Waals surface area contributed by atoms with E-state index in [1.165, 1.54) is 5.56 Å². The Morgan fingerprint density at radius 2 is 1.72 bits per heavy atom. The van der Waals surface area contributed by atoms with Crippen molar-refractivity contribution in [2.24, 2.45) is 0 Å². The first-order valence-electron chi connectivity index (χ1n) is 12.2. The van der Waals surface area contributed by atoms with Crippen molar-refractivity contribution in [2.75, 3.05) is 33.2 Å². The lowest BCUT2D eigenvalue weighted by molar-refractivity contribution is 0.0781. The molecule has 3 aromatic rings. The molecule has 1 aliphatic heterocycles. The van der Waals surface area contributed by atoms with E-state index < -0.39 is 0 Å². The number of halogens is 3. The third-order valence-corrected chi connectivity index (χ3v) is 7.74. The van der Waals surface area contributed by atoms with E-state index in [0.29, 0.717) is 33.8 Å². The first-order chi connectivity index (χ1) is 16.9. The van der Waals surface area contributed by atoms with Gasteiger partial charge in [-0.15, -0.1) is 12.4 Å². The van der Waals surface area contributed by atoms with E-state index in [1.54, 1.807) is 11.0 Å². The molecule has 0 aromatic heterocycles. The molecule has 0 bridgehead atoms. The van der Waals surface area contributed by atoms with E-state index in [-0.39, 0.29) is 24.2 Å². The Labute approximate surface area is 230 Å². The first kappa shape index (κ1) is 28.3. The Balaban J connectivity index is 0.00000361. The molecule has 4 rings (SSSR count). The van der Waals surface area contributed by atoms with Crippen molar-refractivity contribution in [3.8, 4) is 5.75 Å². The second-order valence-electron chi connectivity index (χ2n) is 9.42. The van der Waals surface area contributed by atoms with E-state index in [1.807, 2.05) is 67.7 Å². The predicted molar refractivity (Wildman–Crippen MR) is 151 cm³/mol. The van der Waals surface area contributed by atoms with Gasteiger partial charge < -0.3 is 14.9 Å². The summed E-state index contributed by atoms with van der Waals surface area (Å²) in [5, 5.41) is 10.9. The SMILES string of the molecule is CN(CC(CCN1CCC(c2cccc(O)c2)CC1)c1ccc(Cl)c(Cl)c1)C(=O)c1ccccc1.Cl. The summed E-state index contributed by atoms with van der Waals surface area (Å²) in [6.07, 6.45) is 3.07. The Morgan fingerprint density at radius 3 is 2.39 bits per heavy atom. The molecular formula is C29H33Cl3N2O2. The van der Waals surface area contributed by atoms with Gasteiger partial charge in [0.2, 0.25) is 0 Å². The van der Waals surface area contributed by atoms with Gasteiger partial charge in [-0.2, -0.15) is 0 Å². The number of likely N-dealkylation sites (tertiary alicyclic amines) is 1. The second kappa shape index (κ2) is 13.3. The maximum atomic E-state index is 13.0. The number of amides is 1. The summed E-state index contributed by atoms with van der Waals surface area (Å²) in [5.41, 5.74) is 3.01. The molecule has 0 spiro atoms. The van der Waals surface area contributed by atoms with E-state index in [9.17, 15) is 9.90 Å². The van der Waals surface area contributed by atoms with Gasteiger partial charge in [0.05, 0.1) is 10.0 Å².